The molecule has 0 radical (unpaired) electrons. The van der Waals surface area contributed by atoms with E-state index < -0.39 is 0 Å². The van der Waals surface area contributed by atoms with Crippen LogP contribution in [0.1, 0.15) is 12.0 Å². The zero-order valence-electron chi connectivity index (χ0n) is 15.8. The van der Waals surface area contributed by atoms with Crippen molar-refractivity contribution in [3.63, 3.8) is 0 Å². The molecule has 2 heterocycles. The molecule has 2 N–H and O–H groups in total. The second-order valence-corrected chi connectivity index (χ2v) is 7.04. The highest BCUT2D eigenvalue weighted by Gasteiger charge is 2.34. The number of anilines is 1. The van der Waals surface area contributed by atoms with Crippen LogP contribution in [0.15, 0.2) is 54.7 Å². The fourth-order valence-electron chi connectivity index (χ4n) is 3.76. The van der Waals surface area contributed by atoms with Gasteiger partial charge in [-0.25, -0.2) is 0 Å². The second-order valence-electron chi connectivity index (χ2n) is 7.04. The highest BCUT2D eigenvalue weighted by atomic mass is 16.5. The number of H-pyrrole nitrogens is 1. The first-order valence-corrected chi connectivity index (χ1v) is 9.42. The molecule has 6 nitrogen and oxygen atoms in total. The number of aromatic amines is 1. The topological polar surface area (TPSA) is 74.4 Å². The van der Waals surface area contributed by atoms with Gasteiger partial charge in [-0.05, 0) is 36.2 Å². The van der Waals surface area contributed by atoms with Gasteiger partial charge in [-0.15, -0.1) is 0 Å². The molecule has 1 aliphatic heterocycles. The maximum atomic E-state index is 12.7. The van der Waals surface area contributed by atoms with E-state index in [-0.39, 0.29) is 24.2 Å². The average Bonchev–Trinajstić information content (AvgIpc) is 3.34. The van der Waals surface area contributed by atoms with Gasteiger partial charge in [-0.3, -0.25) is 9.59 Å². The molecule has 1 aromatic heterocycles. The molecule has 144 valence electrons. The summed E-state index contributed by atoms with van der Waals surface area (Å²) in [6.07, 6.45) is 2.80. The van der Waals surface area contributed by atoms with E-state index >= 15 is 0 Å². The highest BCUT2D eigenvalue weighted by Crippen LogP contribution is 2.26. The number of likely N-dealkylation sites (tertiary alicyclic amines) is 1. The van der Waals surface area contributed by atoms with Crippen LogP contribution < -0.4 is 10.1 Å². The molecule has 0 unspecified atom stereocenters. The number of hydrogen-bond donors (Lipinski definition) is 2. The lowest BCUT2D eigenvalue weighted by Crippen LogP contribution is -2.30. The van der Waals surface area contributed by atoms with Crippen molar-refractivity contribution in [2.45, 2.75) is 12.8 Å². The summed E-state index contributed by atoms with van der Waals surface area (Å²) in [4.78, 5) is 30.0. The van der Waals surface area contributed by atoms with Gasteiger partial charge in [0.15, 0.2) is 0 Å². The Labute approximate surface area is 163 Å². The van der Waals surface area contributed by atoms with Gasteiger partial charge in [-0.2, -0.15) is 0 Å². The summed E-state index contributed by atoms with van der Waals surface area (Å²) in [5.74, 6) is 0.402. The van der Waals surface area contributed by atoms with Crippen LogP contribution >= 0.6 is 0 Å². The minimum absolute atomic E-state index is 0.0231. The van der Waals surface area contributed by atoms with Crippen LogP contribution in [0.4, 0.5) is 5.69 Å². The van der Waals surface area contributed by atoms with Crippen molar-refractivity contribution in [3.05, 3.63) is 60.3 Å². The quantitative estimate of drug-likeness (QED) is 0.693. The Morgan fingerprint density at radius 3 is 2.93 bits per heavy atom. The van der Waals surface area contributed by atoms with E-state index in [1.54, 1.807) is 12.0 Å². The largest absolute Gasteiger partial charge is 0.496 e. The molecule has 0 spiro atoms. The maximum Gasteiger partial charge on any atom is 0.229 e. The van der Waals surface area contributed by atoms with Gasteiger partial charge in [-0.1, -0.05) is 24.3 Å². The van der Waals surface area contributed by atoms with E-state index in [9.17, 15) is 9.59 Å². The third-order valence-electron chi connectivity index (χ3n) is 5.28. The molecule has 0 saturated carbocycles. The van der Waals surface area contributed by atoms with Crippen LogP contribution in [0, 0.1) is 5.92 Å². The first-order valence-electron chi connectivity index (χ1n) is 9.42. The lowest BCUT2D eigenvalue weighted by atomic mass is 10.1. The van der Waals surface area contributed by atoms with Crippen LogP contribution in [-0.2, 0) is 16.0 Å². The van der Waals surface area contributed by atoms with Crippen molar-refractivity contribution in [1.29, 1.82) is 0 Å². The van der Waals surface area contributed by atoms with Gasteiger partial charge in [0, 0.05) is 36.6 Å². The van der Waals surface area contributed by atoms with Gasteiger partial charge < -0.3 is 19.9 Å². The summed E-state index contributed by atoms with van der Waals surface area (Å²) in [5.41, 5.74) is 2.80. The lowest BCUT2D eigenvalue weighted by molar-refractivity contribution is -0.128. The van der Waals surface area contributed by atoms with Crippen LogP contribution in [-0.4, -0.2) is 41.9 Å². The van der Waals surface area contributed by atoms with Gasteiger partial charge >= 0.3 is 0 Å². The Hall–Kier alpha value is -3.28. The summed E-state index contributed by atoms with van der Waals surface area (Å²) in [6, 6.07) is 15.5. The molecule has 2 amide bonds. The maximum absolute atomic E-state index is 12.7. The van der Waals surface area contributed by atoms with Gasteiger partial charge in [0.2, 0.25) is 11.8 Å². The molecule has 4 rings (SSSR count). The van der Waals surface area contributed by atoms with Gasteiger partial charge in [0.1, 0.15) is 5.75 Å². The molecule has 3 aromatic rings. The number of carbonyl (C=O) groups is 2. The Balaban J connectivity index is 1.39. The Morgan fingerprint density at radius 2 is 2.07 bits per heavy atom. The van der Waals surface area contributed by atoms with Crippen molar-refractivity contribution in [2.24, 2.45) is 5.92 Å². The number of carbonyl (C=O) groups excluding carboxylic acids is 2. The molecule has 1 fully saturated rings. The van der Waals surface area contributed by atoms with Crippen LogP contribution in [0.3, 0.4) is 0 Å². The smallest absolute Gasteiger partial charge is 0.229 e. The molecule has 0 aliphatic carbocycles. The summed E-state index contributed by atoms with van der Waals surface area (Å²) in [7, 11) is 1.64. The van der Waals surface area contributed by atoms with Crippen LogP contribution in [0.2, 0.25) is 0 Å². The van der Waals surface area contributed by atoms with Crippen LogP contribution in [0.5, 0.6) is 5.75 Å². The SMILES string of the molecule is COc1ccccc1CCN1C[C@H](C(=O)Nc2cccc3[nH]ccc23)CC1=O. The summed E-state index contributed by atoms with van der Waals surface area (Å²) < 4.78 is 5.37. The molecule has 0 bridgehead atoms. The fourth-order valence-corrected chi connectivity index (χ4v) is 3.76. The number of amides is 2. The third kappa shape index (κ3) is 3.58. The molecule has 28 heavy (non-hydrogen) atoms. The number of para-hydroxylation sites is 1. The van der Waals surface area contributed by atoms with Gasteiger partial charge in [0.05, 0.1) is 18.7 Å². The highest BCUT2D eigenvalue weighted by molar-refractivity contribution is 6.03. The number of nitrogens with zero attached hydrogens (tertiary/aromatic N) is 1. The summed E-state index contributed by atoms with van der Waals surface area (Å²) >= 11 is 0. The van der Waals surface area contributed by atoms with Crippen molar-refractivity contribution < 1.29 is 14.3 Å². The van der Waals surface area contributed by atoms with Crippen LogP contribution in [0.25, 0.3) is 10.9 Å². The number of aromatic nitrogens is 1. The predicted molar refractivity (Wildman–Crippen MR) is 108 cm³/mol. The van der Waals surface area contributed by atoms with Gasteiger partial charge in [0.25, 0.3) is 0 Å². The number of rotatable bonds is 6. The van der Waals surface area contributed by atoms with Crippen molar-refractivity contribution in [2.75, 3.05) is 25.5 Å². The zero-order valence-corrected chi connectivity index (χ0v) is 15.8. The molecular weight excluding hydrogens is 354 g/mol. The first-order chi connectivity index (χ1) is 13.7. The molecule has 6 heteroatoms. The fraction of sp³-hybridized carbons (Fsp3) is 0.273. The zero-order chi connectivity index (χ0) is 19.5. The lowest BCUT2D eigenvalue weighted by Gasteiger charge is -2.17. The molecule has 1 aliphatic rings. The number of hydrogen-bond acceptors (Lipinski definition) is 3. The predicted octanol–water partition coefficient (Wildman–Crippen LogP) is 3.21. The minimum atomic E-state index is -0.334. The minimum Gasteiger partial charge on any atom is -0.496 e. The Kier molecular flexibility index (Phi) is 5.02. The molecular formula is C22H23N3O3. The van der Waals surface area contributed by atoms with E-state index in [4.69, 9.17) is 4.74 Å². The summed E-state index contributed by atoms with van der Waals surface area (Å²) in [5, 5.41) is 3.95. The Morgan fingerprint density at radius 1 is 1.21 bits per heavy atom. The Bertz CT molecular complexity index is 1010. The molecule has 2 aromatic carbocycles. The van der Waals surface area contributed by atoms with E-state index in [1.807, 2.05) is 54.7 Å². The second kappa shape index (κ2) is 7.76. The number of ether oxygens (including phenoxy) is 1. The molecule has 1 atom stereocenters. The third-order valence-corrected chi connectivity index (χ3v) is 5.28. The molecule has 1 saturated heterocycles. The first kappa shape index (κ1) is 18.1. The number of methoxy groups -OCH3 is 1. The normalized spacial score (nSPS) is 16.5. The summed E-state index contributed by atoms with van der Waals surface area (Å²) in [6.45, 7) is 1.03. The van der Waals surface area contributed by atoms with Crippen molar-refractivity contribution in [3.8, 4) is 5.75 Å². The van der Waals surface area contributed by atoms with E-state index in [0.29, 0.717) is 19.5 Å². The monoisotopic (exact) mass is 377 g/mol. The van der Waals surface area contributed by atoms with Crippen molar-refractivity contribution >= 4 is 28.4 Å². The average molecular weight is 377 g/mol. The van der Waals surface area contributed by atoms with E-state index in [0.717, 1.165) is 27.9 Å². The number of benzene rings is 2. The van der Waals surface area contributed by atoms with E-state index in [2.05, 4.69) is 10.3 Å². The standard InChI is InChI=1S/C22H23N3O3/c1-28-20-8-3-2-5-15(20)10-12-25-14-16(13-21(25)26)22(27)24-19-7-4-6-18-17(19)9-11-23-18/h2-9,11,16,23H,10,12-14H2,1H3,(H,24,27)/t16-/m1/s1. The van der Waals surface area contributed by atoms with E-state index in [1.165, 1.54) is 0 Å². The van der Waals surface area contributed by atoms with Crippen molar-refractivity contribution in [1.82, 2.24) is 9.88 Å². The number of fused-ring (bicyclic) bond motifs is 1. The number of nitrogens with one attached hydrogen (secondary N) is 2.